The molecule has 1 aromatic carbocycles. The molecule has 0 radical (unpaired) electrons. The summed E-state index contributed by atoms with van der Waals surface area (Å²) in [5.74, 6) is 1.02. The van der Waals surface area contributed by atoms with Gasteiger partial charge in [0.25, 0.3) is 0 Å². The lowest BCUT2D eigenvalue weighted by Gasteiger charge is -2.13. The quantitative estimate of drug-likeness (QED) is 0.705. The van der Waals surface area contributed by atoms with Crippen LogP contribution in [-0.2, 0) is 6.42 Å². The summed E-state index contributed by atoms with van der Waals surface area (Å²) in [6, 6.07) is 5.28. The molecule has 2 rings (SSSR count). The Balaban J connectivity index is 2.33. The van der Waals surface area contributed by atoms with Gasteiger partial charge in [-0.1, -0.05) is 17.7 Å². The van der Waals surface area contributed by atoms with Crippen molar-refractivity contribution in [2.45, 2.75) is 32.8 Å². The third kappa shape index (κ3) is 3.86. The van der Waals surface area contributed by atoms with Gasteiger partial charge >= 0.3 is 0 Å². The lowest BCUT2D eigenvalue weighted by molar-refractivity contribution is 0.221. The molecule has 3 nitrogen and oxygen atoms in total. The van der Waals surface area contributed by atoms with Crippen molar-refractivity contribution in [3.8, 4) is 11.5 Å². The van der Waals surface area contributed by atoms with Crippen LogP contribution in [0.1, 0.15) is 25.8 Å². The van der Waals surface area contributed by atoms with Crippen LogP contribution >= 0.6 is 0 Å². The third-order valence-corrected chi connectivity index (χ3v) is 3.20. The van der Waals surface area contributed by atoms with Crippen molar-refractivity contribution in [1.82, 2.24) is 0 Å². The molecule has 1 atom stereocenters. The van der Waals surface area contributed by atoms with Crippen molar-refractivity contribution in [3.63, 3.8) is 0 Å². The minimum atomic E-state index is -0.480. The first-order valence-electron chi connectivity index (χ1n) is 6.50. The first kappa shape index (κ1) is 13.7. The lowest BCUT2D eigenvalue weighted by atomic mass is 10.0. The second-order valence-electron chi connectivity index (χ2n) is 5.12. The predicted molar refractivity (Wildman–Crippen MR) is 75.4 cm³/mol. The van der Waals surface area contributed by atoms with E-state index in [1.54, 1.807) is 12.1 Å². The van der Waals surface area contributed by atoms with Crippen LogP contribution in [0.25, 0.3) is 0 Å². The molecule has 1 aliphatic heterocycles. The molecule has 0 aromatic heterocycles. The van der Waals surface area contributed by atoms with E-state index >= 15 is 0 Å². The van der Waals surface area contributed by atoms with E-state index in [9.17, 15) is 10.2 Å². The maximum atomic E-state index is 9.93. The van der Waals surface area contributed by atoms with Gasteiger partial charge in [-0.2, -0.15) is 0 Å². The Kier molecular flexibility index (Phi) is 4.27. The molecule has 102 valence electrons. The van der Waals surface area contributed by atoms with Gasteiger partial charge in [0.15, 0.2) is 0 Å². The van der Waals surface area contributed by atoms with Crippen LogP contribution in [0.5, 0.6) is 11.5 Å². The van der Waals surface area contributed by atoms with Crippen molar-refractivity contribution in [3.05, 3.63) is 47.1 Å². The monoisotopic (exact) mass is 260 g/mol. The second-order valence-corrected chi connectivity index (χ2v) is 5.12. The average molecular weight is 260 g/mol. The van der Waals surface area contributed by atoms with Gasteiger partial charge in [0.1, 0.15) is 18.1 Å². The molecule has 3 heteroatoms. The molecule has 0 unspecified atom stereocenters. The minimum absolute atomic E-state index is 0.279. The average Bonchev–Trinajstić information content (AvgIpc) is 2.34. The molecule has 1 aromatic rings. The first-order valence-corrected chi connectivity index (χ1v) is 6.50. The maximum Gasteiger partial charge on any atom is 0.120 e. The zero-order valence-corrected chi connectivity index (χ0v) is 11.4. The van der Waals surface area contributed by atoms with Crippen LogP contribution in [0.3, 0.4) is 0 Å². The normalized spacial score (nSPS) is 25.9. The van der Waals surface area contributed by atoms with Gasteiger partial charge in [0.2, 0.25) is 0 Å². The largest absolute Gasteiger partial charge is 0.508 e. The Morgan fingerprint density at radius 2 is 2.00 bits per heavy atom. The number of aliphatic hydroxyl groups is 1. The van der Waals surface area contributed by atoms with Crippen molar-refractivity contribution in [2.75, 3.05) is 6.61 Å². The molecule has 0 saturated heterocycles. The summed E-state index contributed by atoms with van der Waals surface area (Å²) in [6.07, 6.45) is 4.64. The SMILES string of the molecule is C/C1=C\[C@@H](O)C/C(C)=C/Cc2cc(ccc2O)OC1. The summed E-state index contributed by atoms with van der Waals surface area (Å²) in [5, 5.41) is 19.7. The van der Waals surface area contributed by atoms with Gasteiger partial charge in [-0.25, -0.2) is 0 Å². The van der Waals surface area contributed by atoms with Gasteiger partial charge in [0, 0.05) is 5.56 Å². The topological polar surface area (TPSA) is 49.7 Å². The Bertz CT molecular complexity index is 515. The fourth-order valence-corrected chi connectivity index (χ4v) is 2.15. The highest BCUT2D eigenvalue weighted by Crippen LogP contribution is 2.25. The molecule has 0 fully saturated rings. The standard InChI is InChI=1S/C16H20O3/c1-11-3-4-13-9-15(5-6-16(13)18)19-10-12(2)8-14(17)7-11/h3,5-6,8-9,14,17-18H,4,7,10H2,1-2H3/b11-3+,12-8+/t14-/m0/s1. The molecule has 0 aliphatic carbocycles. The van der Waals surface area contributed by atoms with E-state index in [1.807, 2.05) is 32.1 Å². The summed E-state index contributed by atoms with van der Waals surface area (Å²) < 4.78 is 5.65. The van der Waals surface area contributed by atoms with Crippen molar-refractivity contribution in [1.29, 1.82) is 0 Å². The summed E-state index contributed by atoms with van der Waals surface area (Å²) >= 11 is 0. The van der Waals surface area contributed by atoms with Crippen molar-refractivity contribution in [2.24, 2.45) is 0 Å². The van der Waals surface area contributed by atoms with Crippen LogP contribution in [0.4, 0.5) is 0 Å². The van der Waals surface area contributed by atoms with E-state index in [0.717, 1.165) is 22.5 Å². The zero-order valence-electron chi connectivity index (χ0n) is 11.4. The molecule has 1 aliphatic rings. The van der Waals surface area contributed by atoms with E-state index in [0.29, 0.717) is 19.4 Å². The minimum Gasteiger partial charge on any atom is -0.508 e. The zero-order chi connectivity index (χ0) is 13.8. The van der Waals surface area contributed by atoms with Gasteiger partial charge in [-0.3, -0.25) is 0 Å². The van der Waals surface area contributed by atoms with E-state index < -0.39 is 6.10 Å². The number of aromatic hydroxyl groups is 1. The number of phenols is 1. The Morgan fingerprint density at radius 1 is 1.21 bits per heavy atom. The van der Waals surface area contributed by atoms with Crippen LogP contribution < -0.4 is 4.74 Å². The molecule has 1 heterocycles. The predicted octanol–water partition coefficient (Wildman–Crippen LogP) is 2.97. The highest BCUT2D eigenvalue weighted by molar-refractivity contribution is 5.40. The van der Waals surface area contributed by atoms with Crippen LogP contribution in [0.2, 0.25) is 0 Å². The number of ether oxygens (including phenoxy) is 1. The second kappa shape index (κ2) is 5.93. The summed E-state index contributed by atoms with van der Waals surface area (Å²) in [6.45, 7) is 4.38. The fraction of sp³-hybridized carbons (Fsp3) is 0.375. The van der Waals surface area contributed by atoms with E-state index in [4.69, 9.17) is 4.74 Å². The maximum absolute atomic E-state index is 9.93. The molecule has 2 N–H and O–H groups in total. The molecule has 19 heavy (non-hydrogen) atoms. The number of hydrogen-bond acceptors (Lipinski definition) is 3. The van der Waals surface area contributed by atoms with E-state index in [2.05, 4.69) is 0 Å². The molecule has 0 amide bonds. The third-order valence-electron chi connectivity index (χ3n) is 3.20. The van der Waals surface area contributed by atoms with E-state index in [1.165, 1.54) is 0 Å². The molecule has 0 spiro atoms. The number of hydrogen-bond donors (Lipinski definition) is 2. The molecular weight excluding hydrogens is 240 g/mol. The van der Waals surface area contributed by atoms with Crippen LogP contribution in [0.15, 0.2) is 41.5 Å². The van der Waals surface area contributed by atoms with Gasteiger partial charge < -0.3 is 14.9 Å². The molecule has 0 saturated carbocycles. The Hall–Kier alpha value is -1.74. The summed E-state index contributed by atoms with van der Waals surface area (Å²) in [4.78, 5) is 0. The highest BCUT2D eigenvalue weighted by atomic mass is 16.5. The van der Waals surface area contributed by atoms with Gasteiger partial charge in [0.05, 0.1) is 6.10 Å². The Labute approximate surface area is 113 Å². The summed E-state index contributed by atoms with van der Waals surface area (Å²) in [7, 11) is 0. The van der Waals surface area contributed by atoms with Crippen LogP contribution in [0, 0.1) is 0 Å². The van der Waals surface area contributed by atoms with Gasteiger partial charge in [-0.05, 0) is 50.5 Å². The number of aliphatic hydroxyl groups excluding tert-OH is 1. The number of allylic oxidation sites excluding steroid dienone is 1. The van der Waals surface area contributed by atoms with Crippen molar-refractivity contribution >= 4 is 0 Å². The fourth-order valence-electron chi connectivity index (χ4n) is 2.15. The smallest absolute Gasteiger partial charge is 0.120 e. The van der Waals surface area contributed by atoms with Crippen LogP contribution in [-0.4, -0.2) is 22.9 Å². The lowest BCUT2D eigenvalue weighted by Crippen LogP contribution is -2.08. The number of phenolic OH excluding ortho intramolecular Hbond substituents is 1. The number of rotatable bonds is 0. The first-order chi connectivity index (χ1) is 9.04. The van der Waals surface area contributed by atoms with E-state index in [-0.39, 0.29) is 5.75 Å². The number of fused-ring (bicyclic) bond motifs is 2. The van der Waals surface area contributed by atoms with Gasteiger partial charge in [-0.15, -0.1) is 0 Å². The summed E-state index contributed by atoms with van der Waals surface area (Å²) in [5.41, 5.74) is 2.95. The Morgan fingerprint density at radius 3 is 2.79 bits per heavy atom. The number of benzene rings is 1. The molecular formula is C16H20O3. The molecule has 2 bridgehead atoms. The highest BCUT2D eigenvalue weighted by Gasteiger charge is 2.07. The van der Waals surface area contributed by atoms with Crippen molar-refractivity contribution < 1.29 is 14.9 Å².